The summed E-state index contributed by atoms with van der Waals surface area (Å²) in [6, 6.07) is 9.54. The first-order chi connectivity index (χ1) is 9.24. The van der Waals surface area contributed by atoms with Crippen molar-refractivity contribution >= 4 is 5.69 Å². The van der Waals surface area contributed by atoms with Crippen LogP contribution in [-0.4, -0.2) is 19.1 Å². The van der Waals surface area contributed by atoms with E-state index in [0.717, 1.165) is 19.0 Å². The van der Waals surface area contributed by atoms with Crippen molar-refractivity contribution in [2.45, 2.75) is 52.6 Å². The van der Waals surface area contributed by atoms with Crippen molar-refractivity contribution in [1.82, 2.24) is 5.32 Å². The summed E-state index contributed by atoms with van der Waals surface area (Å²) in [4.78, 5) is 2.61. The van der Waals surface area contributed by atoms with Gasteiger partial charge in [0.25, 0.3) is 0 Å². The van der Waals surface area contributed by atoms with Crippen LogP contribution in [0.25, 0.3) is 0 Å². The molecule has 2 nitrogen and oxygen atoms in total. The summed E-state index contributed by atoms with van der Waals surface area (Å²) in [6.45, 7) is 10.3. The van der Waals surface area contributed by atoms with Crippen LogP contribution in [0.4, 0.5) is 5.69 Å². The SMILES string of the molecule is CCCNCc1ccccc1N1CCCC(C)C1C. The van der Waals surface area contributed by atoms with Gasteiger partial charge in [0.05, 0.1) is 0 Å². The van der Waals surface area contributed by atoms with E-state index in [1.807, 2.05) is 0 Å². The number of hydrogen-bond donors (Lipinski definition) is 1. The summed E-state index contributed by atoms with van der Waals surface area (Å²) in [5.74, 6) is 0.797. The molecule has 2 heteroatoms. The molecule has 1 fully saturated rings. The number of nitrogens with zero attached hydrogens (tertiary/aromatic N) is 1. The Bertz CT molecular complexity index is 389. The predicted octanol–water partition coefficient (Wildman–Crippen LogP) is 3.81. The van der Waals surface area contributed by atoms with Crippen molar-refractivity contribution in [3.63, 3.8) is 0 Å². The van der Waals surface area contributed by atoms with E-state index in [2.05, 4.69) is 55.3 Å². The smallest absolute Gasteiger partial charge is 0.0414 e. The number of hydrogen-bond acceptors (Lipinski definition) is 2. The van der Waals surface area contributed by atoms with E-state index >= 15 is 0 Å². The molecule has 2 unspecified atom stereocenters. The number of anilines is 1. The Morgan fingerprint density at radius 3 is 2.84 bits per heavy atom. The second kappa shape index (κ2) is 6.95. The third-order valence-corrected chi connectivity index (χ3v) is 4.42. The maximum atomic E-state index is 3.53. The number of rotatable bonds is 5. The Labute approximate surface area is 118 Å². The first-order valence-electron chi connectivity index (χ1n) is 7.79. The van der Waals surface area contributed by atoms with Gasteiger partial charge >= 0.3 is 0 Å². The van der Waals surface area contributed by atoms with E-state index < -0.39 is 0 Å². The van der Waals surface area contributed by atoms with Crippen molar-refractivity contribution in [1.29, 1.82) is 0 Å². The van der Waals surface area contributed by atoms with Crippen LogP contribution in [0.15, 0.2) is 24.3 Å². The lowest BCUT2D eigenvalue weighted by atomic mass is 9.91. The van der Waals surface area contributed by atoms with Gasteiger partial charge in [0, 0.05) is 24.8 Å². The average Bonchev–Trinajstić information content (AvgIpc) is 2.43. The van der Waals surface area contributed by atoms with E-state index in [1.54, 1.807) is 0 Å². The highest BCUT2D eigenvalue weighted by molar-refractivity contribution is 5.54. The highest BCUT2D eigenvalue weighted by atomic mass is 15.2. The predicted molar refractivity (Wildman–Crippen MR) is 83.6 cm³/mol. The minimum Gasteiger partial charge on any atom is -0.368 e. The molecule has 1 N–H and O–H groups in total. The lowest BCUT2D eigenvalue weighted by molar-refractivity contribution is 0.363. The molecular weight excluding hydrogens is 232 g/mol. The first-order valence-corrected chi connectivity index (χ1v) is 7.79. The number of nitrogens with one attached hydrogen (secondary N) is 1. The van der Waals surface area contributed by atoms with Gasteiger partial charge in [-0.25, -0.2) is 0 Å². The first kappa shape index (κ1) is 14.4. The maximum Gasteiger partial charge on any atom is 0.0414 e. The lowest BCUT2D eigenvalue weighted by Crippen LogP contribution is -2.43. The zero-order valence-electron chi connectivity index (χ0n) is 12.7. The maximum absolute atomic E-state index is 3.53. The molecule has 0 aromatic heterocycles. The van der Waals surface area contributed by atoms with Crippen LogP contribution in [0.3, 0.4) is 0 Å². The van der Waals surface area contributed by atoms with Gasteiger partial charge in [-0.3, -0.25) is 0 Å². The van der Waals surface area contributed by atoms with Gasteiger partial charge in [-0.2, -0.15) is 0 Å². The van der Waals surface area contributed by atoms with Gasteiger partial charge in [-0.1, -0.05) is 32.0 Å². The Morgan fingerprint density at radius 2 is 2.05 bits per heavy atom. The second-order valence-electron chi connectivity index (χ2n) is 5.86. The molecule has 0 bridgehead atoms. The number of para-hydroxylation sites is 1. The summed E-state index contributed by atoms with van der Waals surface area (Å²) < 4.78 is 0. The molecule has 19 heavy (non-hydrogen) atoms. The molecule has 1 saturated heterocycles. The Kier molecular flexibility index (Phi) is 5.26. The Hall–Kier alpha value is -1.02. The third-order valence-electron chi connectivity index (χ3n) is 4.42. The topological polar surface area (TPSA) is 15.3 Å². The van der Waals surface area contributed by atoms with Crippen molar-refractivity contribution in [2.75, 3.05) is 18.0 Å². The molecule has 1 aliphatic heterocycles. The molecule has 106 valence electrons. The van der Waals surface area contributed by atoms with E-state index in [4.69, 9.17) is 0 Å². The van der Waals surface area contributed by atoms with Gasteiger partial charge in [0.2, 0.25) is 0 Å². The molecule has 0 radical (unpaired) electrons. The van der Waals surface area contributed by atoms with Gasteiger partial charge in [-0.15, -0.1) is 0 Å². The molecule has 0 amide bonds. The molecule has 1 heterocycles. The van der Waals surface area contributed by atoms with Crippen LogP contribution in [0.5, 0.6) is 0 Å². The van der Waals surface area contributed by atoms with Crippen LogP contribution in [0.2, 0.25) is 0 Å². The van der Waals surface area contributed by atoms with E-state index in [-0.39, 0.29) is 0 Å². The lowest BCUT2D eigenvalue weighted by Gasteiger charge is -2.40. The van der Waals surface area contributed by atoms with E-state index in [1.165, 1.54) is 37.1 Å². The minimum atomic E-state index is 0.654. The van der Waals surface area contributed by atoms with Crippen LogP contribution >= 0.6 is 0 Å². The summed E-state index contributed by atoms with van der Waals surface area (Å²) in [6.07, 6.45) is 3.88. The number of piperidine rings is 1. The molecule has 0 saturated carbocycles. The Morgan fingerprint density at radius 1 is 1.26 bits per heavy atom. The summed E-state index contributed by atoms with van der Waals surface area (Å²) in [7, 11) is 0. The highest BCUT2D eigenvalue weighted by Crippen LogP contribution is 2.30. The molecule has 0 spiro atoms. The zero-order chi connectivity index (χ0) is 13.7. The van der Waals surface area contributed by atoms with Crippen molar-refractivity contribution in [3.05, 3.63) is 29.8 Å². The summed E-state index contributed by atoms with van der Waals surface area (Å²) in [5, 5.41) is 3.53. The van der Waals surface area contributed by atoms with E-state index in [0.29, 0.717) is 6.04 Å². The standard InChI is InChI=1S/C17H28N2/c1-4-11-18-13-16-9-5-6-10-17(16)19-12-7-8-14(2)15(19)3/h5-6,9-10,14-15,18H,4,7-8,11-13H2,1-3H3. The molecule has 2 atom stereocenters. The summed E-state index contributed by atoms with van der Waals surface area (Å²) in [5.41, 5.74) is 2.88. The normalized spacial score (nSPS) is 23.6. The zero-order valence-corrected chi connectivity index (χ0v) is 12.7. The fraction of sp³-hybridized carbons (Fsp3) is 0.647. The monoisotopic (exact) mass is 260 g/mol. The van der Waals surface area contributed by atoms with Crippen LogP contribution < -0.4 is 10.2 Å². The largest absolute Gasteiger partial charge is 0.368 e. The average molecular weight is 260 g/mol. The fourth-order valence-electron chi connectivity index (χ4n) is 3.02. The molecule has 0 aliphatic carbocycles. The molecule has 2 rings (SSSR count). The van der Waals surface area contributed by atoms with Gasteiger partial charge in [0.15, 0.2) is 0 Å². The summed E-state index contributed by atoms with van der Waals surface area (Å²) >= 11 is 0. The van der Waals surface area contributed by atoms with Crippen LogP contribution in [0.1, 0.15) is 45.6 Å². The Balaban J connectivity index is 2.13. The minimum absolute atomic E-state index is 0.654. The van der Waals surface area contributed by atoms with Crippen molar-refractivity contribution in [2.24, 2.45) is 5.92 Å². The number of benzene rings is 1. The third kappa shape index (κ3) is 3.50. The van der Waals surface area contributed by atoms with Crippen molar-refractivity contribution in [3.8, 4) is 0 Å². The highest BCUT2D eigenvalue weighted by Gasteiger charge is 2.25. The second-order valence-corrected chi connectivity index (χ2v) is 5.86. The molecule has 1 aliphatic rings. The van der Waals surface area contributed by atoms with E-state index in [9.17, 15) is 0 Å². The van der Waals surface area contributed by atoms with Crippen LogP contribution in [0, 0.1) is 5.92 Å². The molecular formula is C17H28N2. The van der Waals surface area contributed by atoms with Crippen LogP contribution in [-0.2, 0) is 6.54 Å². The quantitative estimate of drug-likeness (QED) is 0.810. The molecule has 1 aromatic carbocycles. The van der Waals surface area contributed by atoms with Gasteiger partial charge in [0.1, 0.15) is 0 Å². The van der Waals surface area contributed by atoms with Gasteiger partial charge < -0.3 is 10.2 Å². The van der Waals surface area contributed by atoms with Crippen molar-refractivity contribution < 1.29 is 0 Å². The molecule has 1 aromatic rings. The van der Waals surface area contributed by atoms with Gasteiger partial charge in [-0.05, 0) is 50.3 Å². The fourth-order valence-corrected chi connectivity index (χ4v) is 3.02.